The molecule has 6 heteroatoms. The van der Waals surface area contributed by atoms with Crippen molar-refractivity contribution in [2.24, 2.45) is 0 Å². The zero-order valence-corrected chi connectivity index (χ0v) is 54.0. The average Bonchev–Trinajstić information content (AvgIpc) is 3.27. The summed E-state index contributed by atoms with van der Waals surface area (Å²) in [6.07, 6.45) is 0. The van der Waals surface area contributed by atoms with Crippen LogP contribution in [0.15, 0.2) is 133 Å². The van der Waals surface area contributed by atoms with E-state index in [4.69, 9.17) is 18.1 Å². The first-order chi connectivity index (χ1) is 34.6. The van der Waals surface area contributed by atoms with Crippen LogP contribution in [0.5, 0.6) is 23.0 Å². The largest absolute Gasteiger partial charge is 0.438 e. The maximum Gasteiger partial charge on any atom is 0.286 e. The predicted octanol–water partition coefficient (Wildman–Crippen LogP) is 21.9. The molecular formula is C70H100O4P2. The fourth-order valence-corrected chi connectivity index (χ4v) is 10.3. The highest BCUT2D eigenvalue weighted by atomic mass is 31.2. The molecule has 0 aliphatic heterocycles. The van der Waals surface area contributed by atoms with Crippen LogP contribution in [-0.4, -0.2) is 13.3 Å². The highest BCUT2D eigenvalue weighted by Crippen LogP contribution is 2.48. The Morgan fingerprint density at radius 3 is 0.579 bits per heavy atom. The van der Waals surface area contributed by atoms with Crippen LogP contribution in [0, 0.1) is 0 Å². The van der Waals surface area contributed by atoms with Crippen LogP contribution in [0.2, 0.25) is 0 Å². The molecular weight excluding hydrogens is 967 g/mol. The van der Waals surface area contributed by atoms with E-state index in [-0.39, 0.29) is 43.3 Å². The lowest BCUT2D eigenvalue weighted by Crippen LogP contribution is -2.18. The summed E-state index contributed by atoms with van der Waals surface area (Å²) in [4.78, 5) is 0. The van der Waals surface area contributed by atoms with Gasteiger partial charge in [-0.2, -0.15) is 0 Å². The fourth-order valence-electron chi connectivity index (χ4n) is 8.50. The summed E-state index contributed by atoms with van der Waals surface area (Å²) in [5.41, 5.74) is 13.1. The summed E-state index contributed by atoms with van der Waals surface area (Å²) in [6.45, 7) is 58.0. The molecule has 0 aromatic heterocycles. The first-order valence-corrected chi connectivity index (χ1v) is 30.7. The van der Waals surface area contributed by atoms with E-state index in [0.29, 0.717) is 0 Å². The van der Waals surface area contributed by atoms with Gasteiger partial charge in [-0.05, 0) is 101 Å². The molecule has 6 rings (SSSR count). The van der Waals surface area contributed by atoms with Crippen molar-refractivity contribution in [2.45, 2.75) is 209 Å². The predicted molar refractivity (Wildman–Crippen MR) is 335 cm³/mol. The molecule has 6 aromatic carbocycles. The molecule has 76 heavy (non-hydrogen) atoms. The highest BCUT2D eigenvalue weighted by Gasteiger charge is 2.30. The van der Waals surface area contributed by atoms with Gasteiger partial charge in [0.1, 0.15) is 23.0 Å². The van der Waals surface area contributed by atoms with Crippen LogP contribution in [-0.2, 0) is 43.3 Å². The minimum absolute atomic E-state index is 0.0162. The molecule has 0 radical (unpaired) electrons. The molecule has 0 aliphatic rings. The molecule has 0 N–H and O–H groups in total. The number of benzene rings is 6. The Hall–Kier alpha value is -4.62. The molecule has 0 amide bonds. The van der Waals surface area contributed by atoms with Crippen LogP contribution >= 0.6 is 16.8 Å². The van der Waals surface area contributed by atoms with Gasteiger partial charge in [0, 0.05) is 35.6 Å². The molecule has 0 atom stereocenters. The third kappa shape index (κ3) is 18.8. The van der Waals surface area contributed by atoms with Crippen molar-refractivity contribution in [2.75, 3.05) is 13.3 Å². The van der Waals surface area contributed by atoms with E-state index in [2.05, 4.69) is 287 Å². The molecule has 414 valence electrons. The van der Waals surface area contributed by atoms with Crippen molar-refractivity contribution in [3.63, 3.8) is 0 Å². The van der Waals surface area contributed by atoms with Crippen LogP contribution in [0.4, 0.5) is 0 Å². The lowest BCUT2D eigenvalue weighted by Gasteiger charge is -2.30. The second kappa shape index (κ2) is 24.6. The van der Waals surface area contributed by atoms with Gasteiger partial charge in [-0.25, -0.2) is 0 Å². The minimum atomic E-state index is -1.14. The van der Waals surface area contributed by atoms with E-state index < -0.39 is 16.8 Å². The van der Waals surface area contributed by atoms with E-state index in [0.717, 1.165) is 23.0 Å². The second-order valence-electron chi connectivity index (χ2n) is 28.8. The average molecular weight is 1070 g/mol. The van der Waals surface area contributed by atoms with Gasteiger partial charge >= 0.3 is 0 Å². The molecule has 0 saturated carbocycles. The van der Waals surface area contributed by atoms with Crippen molar-refractivity contribution in [1.29, 1.82) is 0 Å². The molecule has 0 aliphatic carbocycles. The van der Waals surface area contributed by atoms with E-state index in [1.54, 1.807) is 0 Å². The molecule has 0 heterocycles. The monoisotopic (exact) mass is 1070 g/mol. The van der Waals surface area contributed by atoms with Crippen molar-refractivity contribution >= 4 is 16.8 Å². The lowest BCUT2D eigenvalue weighted by molar-refractivity contribution is 0.461. The van der Waals surface area contributed by atoms with Crippen LogP contribution < -0.4 is 18.1 Å². The zero-order valence-electron chi connectivity index (χ0n) is 52.2. The molecule has 0 unspecified atom stereocenters. The topological polar surface area (TPSA) is 36.9 Å². The SMILES string of the molecule is CP(Oc1ccc(C(C)(C)C)cc1C(C)(C)C)Oc1ccc(C(C)(C)C)cc1C(C)(C)C.CP(Oc1ccc(C(C)(C)C)cc1C(C)(C)C)Oc1ccc(C(C)(C)C)cc1C(C)(C)C.c1ccc(-c2ccccc2)cc1. The summed E-state index contributed by atoms with van der Waals surface area (Å²) in [6, 6.07) is 47.2. The van der Waals surface area contributed by atoms with Gasteiger partial charge in [-0.15, -0.1) is 0 Å². The zero-order chi connectivity index (χ0) is 57.6. The van der Waals surface area contributed by atoms with Crippen LogP contribution in [0.3, 0.4) is 0 Å². The van der Waals surface area contributed by atoms with Gasteiger partial charge < -0.3 is 18.1 Å². The summed E-state index contributed by atoms with van der Waals surface area (Å²) in [5.74, 6) is 3.68. The van der Waals surface area contributed by atoms with Crippen molar-refractivity contribution < 1.29 is 18.1 Å². The first-order valence-electron chi connectivity index (χ1n) is 27.5. The summed E-state index contributed by atoms with van der Waals surface area (Å²) in [5, 5.41) is 0. The Kier molecular flexibility index (Phi) is 20.7. The van der Waals surface area contributed by atoms with Gasteiger partial charge in [-0.1, -0.05) is 275 Å². The van der Waals surface area contributed by atoms with Gasteiger partial charge in [0.05, 0.1) is 0 Å². The van der Waals surface area contributed by atoms with Crippen molar-refractivity contribution in [3.05, 3.63) is 178 Å². The fraction of sp³-hybridized carbons (Fsp3) is 0.486. The molecule has 0 saturated heterocycles. The van der Waals surface area contributed by atoms with Crippen LogP contribution in [0.1, 0.15) is 211 Å². The van der Waals surface area contributed by atoms with E-state index >= 15 is 0 Å². The number of hydrogen-bond donors (Lipinski definition) is 0. The summed E-state index contributed by atoms with van der Waals surface area (Å²) >= 11 is 0. The van der Waals surface area contributed by atoms with Crippen molar-refractivity contribution in [3.8, 4) is 34.1 Å². The smallest absolute Gasteiger partial charge is 0.286 e. The third-order valence-electron chi connectivity index (χ3n) is 13.4. The van der Waals surface area contributed by atoms with Gasteiger partial charge in [0.2, 0.25) is 0 Å². The third-order valence-corrected chi connectivity index (χ3v) is 15.2. The van der Waals surface area contributed by atoms with Crippen molar-refractivity contribution in [1.82, 2.24) is 0 Å². The maximum absolute atomic E-state index is 6.45. The second-order valence-corrected chi connectivity index (χ2v) is 31.3. The molecule has 0 bridgehead atoms. The maximum atomic E-state index is 6.45. The Morgan fingerprint density at radius 1 is 0.237 bits per heavy atom. The Morgan fingerprint density at radius 2 is 0.421 bits per heavy atom. The van der Waals surface area contributed by atoms with Gasteiger partial charge in [0.25, 0.3) is 16.8 Å². The molecule has 0 fully saturated rings. The van der Waals surface area contributed by atoms with E-state index in [9.17, 15) is 0 Å². The Bertz CT molecular complexity index is 2440. The van der Waals surface area contributed by atoms with Gasteiger partial charge in [-0.3, -0.25) is 0 Å². The molecule has 0 spiro atoms. The molecule has 6 aromatic rings. The summed E-state index contributed by atoms with van der Waals surface area (Å²) in [7, 11) is -2.27. The lowest BCUT2D eigenvalue weighted by atomic mass is 9.80. The quantitative estimate of drug-likeness (QED) is 0.135. The van der Waals surface area contributed by atoms with Gasteiger partial charge in [0.15, 0.2) is 0 Å². The van der Waals surface area contributed by atoms with E-state index in [1.807, 2.05) is 25.5 Å². The number of hydrogen-bond acceptors (Lipinski definition) is 4. The Balaban J connectivity index is 0.000000269. The van der Waals surface area contributed by atoms with Crippen LogP contribution in [0.25, 0.3) is 11.1 Å². The molecule has 4 nitrogen and oxygen atoms in total. The first kappa shape index (κ1) is 63.9. The number of rotatable bonds is 9. The summed E-state index contributed by atoms with van der Waals surface area (Å²) < 4.78 is 25.8. The normalized spacial score (nSPS) is 12.8. The van der Waals surface area contributed by atoms with E-state index in [1.165, 1.54) is 55.6 Å². The minimum Gasteiger partial charge on any atom is -0.438 e. The standard InChI is InChI=1S/2C29H45O2P.C12H10/c2*1-26(2,3)20-14-16-24(22(18-20)28(7,8)9)30-32(13)31-25-17-15-21(27(4,5)6)19-23(25)29(10,11)12;1-3-7-11(8-4-1)12-9-5-2-6-10-12/h2*14-19H,1-13H3;1-10H. The highest BCUT2D eigenvalue weighted by molar-refractivity contribution is 7.47. The Labute approximate surface area is 467 Å².